The van der Waals surface area contributed by atoms with E-state index >= 15 is 0 Å². The zero-order valence-corrected chi connectivity index (χ0v) is 12.6. The van der Waals surface area contributed by atoms with Crippen molar-refractivity contribution in [3.63, 3.8) is 0 Å². The number of imidazole rings is 1. The van der Waals surface area contributed by atoms with Crippen LogP contribution in [0, 0.1) is 0 Å². The highest BCUT2D eigenvalue weighted by Gasteiger charge is 2.33. The van der Waals surface area contributed by atoms with Gasteiger partial charge in [0.05, 0.1) is 6.33 Å². The molecule has 1 saturated heterocycles. The van der Waals surface area contributed by atoms with Crippen LogP contribution in [-0.4, -0.2) is 34.1 Å². The van der Waals surface area contributed by atoms with Gasteiger partial charge in [-0.3, -0.25) is 0 Å². The molecule has 18 heavy (non-hydrogen) atoms. The van der Waals surface area contributed by atoms with Crippen LogP contribution in [0.3, 0.4) is 0 Å². The molecule has 4 heteroatoms. The molecule has 3 nitrogen and oxygen atoms in total. The van der Waals surface area contributed by atoms with E-state index < -0.39 is 0 Å². The Balaban J connectivity index is 2.07. The van der Waals surface area contributed by atoms with Crippen molar-refractivity contribution in [2.24, 2.45) is 0 Å². The highest BCUT2D eigenvalue weighted by Crippen LogP contribution is 2.32. The van der Waals surface area contributed by atoms with Crippen molar-refractivity contribution in [3.05, 3.63) is 18.2 Å². The molecule has 2 atom stereocenters. The molecule has 0 saturated carbocycles. The monoisotopic (exact) mass is 267 g/mol. The van der Waals surface area contributed by atoms with Gasteiger partial charge in [-0.15, -0.1) is 0 Å². The molecule has 1 fully saturated rings. The third-order valence-corrected chi connectivity index (χ3v) is 4.94. The van der Waals surface area contributed by atoms with Crippen molar-refractivity contribution < 1.29 is 0 Å². The maximum atomic E-state index is 4.39. The molecule has 1 aromatic rings. The van der Waals surface area contributed by atoms with Gasteiger partial charge in [0.15, 0.2) is 0 Å². The second-order valence-electron chi connectivity index (χ2n) is 5.51. The third kappa shape index (κ3) is 2.91. The number of rotatable bonds is 6. The van der Waals surface area contributed by atoms with E-state index in [0.717, 1.165) is 13.1 Å². The van der Waals surface area contributed by atoms with Crippen molar-refractivity contribution in [1.29, 1.82) is 0 Å². The van der Waals surface area contributed by atoms with E-state index in [1.54, 1.807) is 0 Å². The lowest BCUT2D eigenvalue weighted by molar-refractivity contribution is 0.432. The molecule has 102 valence electrons. The summed E-state index contributed by atoms with van der Waals surface area (Å²) in [4.78, 5) is 4.39. The SMILES string of the molecule is CCSCCC(C)n1cncc1C1(C)CCNC1. The Bertz CT molecular complexity index is 369. The largest absolute Gasteiger partial charge is 0.331 e. The minimum atomic E-state index is 0.267. The standard InChI is InChI=1S/C14H25N3S/c1-4-18-8-5-12(2)17-11-16-9-13(17)14(3)6-7-15-10-14/h9,11-12,15H,4-8,10H2,1-3H3. The second kappa shape index (κ2) is 6.11. The summed E-state index contributed by atoms with van der Waals surface area (Å²) in [5.74, 6) is 2.45. The zero-order chi connectivity index (χ0) is 13.0. The Morgan fingerprint density at radius 3 is 3.11 bits per heavy atom. The van der Waals surface area contributed by atoms with Gasteiger partial charge >= 0.3 is 0 Å². The number of hydrogen-bond acceptors (Lipinski definition) is 3. The van der Waals surface area contributed by atoms with E-state index in [1.165, 1.54) is 30.0 Å². The molecular formula is C14H25N3S. The van der Waals surface area contributed by atoms with Gasteiger partial charge < -0.3 is 9.88 Å². The maximum absolute atomic E-state index is 4.39. The molecule has 0 spiro atoms. The van der Waals surface area contributed by atoms with E-state index in [9.17, 15) is 0 Å². The van der Waals surface area contributed by atoms with Crippen LogP contribution in [0.15, 0.2) is 12.5 Å². The van der Waals surface area contributed by atoms with Gasteiger partial charge in [-0.05, 0) is 37.8 Å². The Morgan fingerprint density at radius 1 is 1.61 bits per heavy atom. The minimum Gasteiger partial charge on any atom is -0.331 e. The average Bonchev–Trinajstić information content (AvgIpc) is 2.98. The molecule has 1 aliphatic rings. The summed E-state index contributed by atoms with van der Waals surface area (Å²) < 4.78 is 2.39. The van der Waals surface area contributed by atoms with E-state index in [1.807, 2.05) is 18.1 Å². The number of hydrogen-bond donors (Lipinski definition) is 1. The quantitative estimate of drug-likeness (QED) is 0.804. The fraction of sp³-hybridized carbons (Fsp3) is 0.786. The predicted molar refractivity (Wildman–Crippen MR) is 79.4 cm³/mol. The van der Waals surface area contributed by atoms with Crippen LogP contribution in [0.25, 0.3) is 0 Å². The van der Waals surface area contributed by atoms with Crippen molar-refractivity contribution in [2.45, 2.75) is 45.1 Å². The van der Waals surface area contributed by atoms with Crippen LogP contribution in [0.4, 0.5) is 0 Å². The van der Waals surface area contributed by atoms with Crippen LogP contribution in [-0.2, 0) is 5.41 Å². The molecule has 2 unspecified atom stereocenters. The molecule has 1 aliphatic heterocycles. The number of thioether (sulfide) groups is 1. The summed E-state index contributed by atoms with van der Waals surface area (Å²) in [5.41, 5.74) is 1.67. The lowest BCUT2D eigenvalue weighted by Crippen LogP contribution is -2.29. The van der Waals surface area contributed by atoms with Crippen molar-refractivity contribution >= 4 is 11.8 Å². The van der Waals surface area contributed by atoms with E-state index in [0.29, 0.717) is 6.04 Å². The van der Waals surface area contributed by atoms with Gasteiger partial charge in [0.1, 0.15) is 0 Å². The van der Waals surface area contributed by atoms with Gasteiger partial charge in [0.2, 0.25) is 0 Å². The Morgan fingerprint density at radius 2 is 2.44 bits per heavy atom. The van der Waals surface area contributed by atoms with E-state index in [4.69, 9.17) is 0 Å². The van der Waals surface area contributed by atoms with Crippen molar-refractivity contribution in [2.75, 3.05) is 24.6 Å². The van der Waals surface area contributed by atoms with Gasteiger partial charge in [-0.2, -0.15) is 11.8 Å². The summed E-state index contributed by atoms with van der Waals surface area (Å²) >= 11 is 2.02. The van der Waals surface area contributed by atoms with Crippen LogP contribution < -0.4 is 5.32 Å². The summed E-state index contributed by atoms with van der Waals surface area (Å²) in [6.45, 7) is 9.10. The van der Waals surface area contributed by atoms with Crippen LogP contribution in [0.2, 0.25) is 0 Å². The first-order valence-electron chi connectivity index (χ1n) is 6.98. The average molecular weight is 267 g/mol. The zero-order valence-electron chi connectivity index (χ0n) is 11.8. The molecule has 1 N–H and O–H groups in total. The fourth-order valence-electron chi connectivity index (χ4n) is 2.70. The highest BCUT2D eigenvalue weighted by molar-refractivity contribution is 7.99. The van der Waals surface area contributed by atoms with E-state index in [2.05, 4.69) is 41.8 Å². The molecular weight excluding hydrogens is 242 g/mol. The van der Waals surface area contributed by atoms with Crippen LogP contribution in [0.5, 0.6) is 0 Å². The van der Waals surface area contributed by atoms with Crippen molar-refractivity contribution in [1.82, 2.24) is 14.9 Å². The molecule has 0 amide bonds. The number of nitrogens with one attached hydrogen (secondary N) is 1. The first-order valence-corrected chi connectivity index (χ1v) is 8.13. The van der Waals surface area contributed by atoms with Crippen molar-refractivity contribution in [3.8, 4) is 0 Å². The Kier molecular flexibility index (Phi) is 4.73. The predicted octanol–water partition coefficient (Wildman–Crippen LogP) is 2.84. The van der Waals surface area contributed by atoms with E-state index in [-0.39, 0.29) is 5.41 Å². The van der Waals surface area contributed by atoms with Crippen LogP contribution >= 0.6 is 11.8 Å². The lowest BCUT2D eigenvalue weighted by atomic mass is 9.86. The highest BCUT2D eigenvalue weighted by atomic mass is 32.2. The summed E-state index contributed by atoms with van der Waals surface area (Å²) in [5, 5.41) is 3.47. The van der Waals surface area contributed by atoms with Crippen LogP contribution in [0.1, 0.15) is 45.3 Å². The molecule has 0 aliphatic carbocycles. The minimum absolute atomic E-state index is 0.267. The molecule has 2 rings (SSSR count). The maximum Gasteiger partial charge on any atom is 0.0950 e. The number of aromatic nitrogens is 2. The Labute approximate surface area is 115 Å². The summed E-state index contributed by atoms with van der Waals surface area (Å²) in [6.07, 6.45) is 6.52. The first kappa shape index (κ1) is 13.9. The smallest absolute Gasteiger partial charge is 0.0950 e. The summed E-state index contributed by atoms with van der Waals surface area (Å²) in [6, 6.07) is 0.555. The molecule has 0 bridgehead atoms. The van der Waals surface area contributed by atoms with Gasteiger partial charge in [0, 0.05) is 29.9 Å². The molecule has 0 aromatic carbocycles. The second-order valence-corrected chi connectivity index (χ2v) is 6.90. The molecule has 1 aromatic heterocycles. The van der Waals surface area contributed by atoms with Gasteiger partial charge in [-0.25, -0.2) is 4.98 Å². The topological polar surface area (TPSA) is 29.9 Å². The first-order chi connectivity index (χ1) is 8.67. The summed E-state index contributed by atoms with van der Waals surface area (Å²) in [7, 11) is 0. The van der Waals surface area contributed by atoms with Gasteiger partial charge in [0.25, 0.3) is 0 Å². The fourth-order valence-corrected chi connectivity index (χ4v) is 3.49. The lowest BCUT2D eigenvalue weighted by Gasteiger charge is -2.27. The third-order valence-electron chi connectivity index (χ3n) is 4.01. The normalized spacial score (nSPS) is 25.5. The van der Waals surface area contributed by atoms with Gasteiger partial charge in [-0.1, -0.05) is 13.8 Å². The number of nitrogens with zero attached hydrogens (tertiary/aromatic N) is 2. The molecule has 0 radical (unpaired) electrons. The molecule has 2 heterocycles. The Hall–Kier alpha value is -0.480.